The van der Waals surface area contributed by atoms with E-state index in [-0.39, 0.29) is 5.91 Å². The number of hydrogen-bond donors (Lipinski definition) is 0. The third-order valence-electron chi connectivity index (χ3n) is 5.31. The number of carbonyl (C=O) groups is 1. The summed E-state index contributed by atoms with van der Waals surface area (Å²) in [6, 6.07) is 13.5. The first-order valence-corrected chi connectivity index (χ1v) is 9.81. The molecule has 0 atom stereocenters. The number of furan rings is 1. The van der Waals surface area contributed by atoms with E-state index in [1.54, 1.807) is 13.2 Å². The molecule has 1 fully saturated rings. The maximum atomic E-state index is 13.1. The summed E-state index contributed by atoms with van der Waals surface area (Å²) in [5.74, 6) is 1.20. The van der Waals surface area contributed by atoms with Gasteiger partial charge in [-0.25, -0.2) is 0 Å². The molecule has 0 unspecified atom stereocenters. The molecule has 3 aromatic rings. The maximum Gasteiger partial charge on any atom is 0.289 e. The molecule has 6 heteroatoms. The van der Waals surface area contributed by atoms with Crippen LogP contribution in [-0.4, -0.2) is 44.1 Å². The van der Waals surface area contributed by atoms with E-state index in [1.807, 2.05) is 36.1 Å². The molecule has 2 aromatic carbocycles. The van der Waals surface area contributed by atoms with Crippen LogP contribution in [0.5, 0.6) is 5.75 Å². The van der Waals surface area contributed by atoms with Gasteiger partial charge >= 0.3 is 0 Å². The second-order valence-electron chi connectivity index (χ2n) is 7.03. The highest BCUT2D eigenvalue weighted by Crippen LogP contribution is 2.29. The van der Waals surface area contributed by atoms with Crippen LogP contribution in [0.4, 0.5) is 5.69 Å². The number of hydrogen-bond acceptors (Lipinski definition) is 4. The van der Waals surface area contributed by atoms with Gasteiger partial charge in [-0.1, -0.05) is 11.6 Å². The summed E-state index contributed by atoms with van der Waals surface area (Å²) in [6.45, 7) is 4.97. The highest BCUT2D eigenvalue weighted by Gasteiger charge is 2.25. The fourth-order valence-corrected chi connectivity index (χ4v) is 3.88. The van der Waals surface area contributed by atoms with E-state index in [1.165, 1.54) is 0 Å². The standard InChI is InChI=1S/C22H23ClN2O3/c1-15-19-14-16(23)4-9-20(19)28-21(15)22(26)25-11-3-10-24(12-13-25)17-5-7-18(27-2)8-6-17/h4-9,14H,3,10-13H2,1-2H3. The summed E-state index contributed by atoms with van der Waals surface area (Å²) >= 11 is 6.09. The predicted octanol–water partition coefficient (Wildman–Crippen LogP) is 4.76. The lowest BCUT2D eigenvalue weighted by molar-refractivity contribution is 0.0736. The van der Waals surface area contributed by atoms with E-state index in [9.17, 15) is 4.79 Å². The number of benzene rings is 2. The van der Waals surface area contributed by atoms with Gasteiger partial charge in [-0.2, -0.15) is 0 Å². The van der Waals surface area contributed by atoms with Gasteiger partial charge in [0.15, 0.2) is 5.76 Å². The average molecular weight is 399 g/mol. The van der Waals surface area contributed by atoms with Gasteiger partial charge in [-0.15, -0.1) is 0 Å². The first kappa shape index (κ1) is 18.7. The second-order valence-corrected chi connectivity index (χ2v) is 7.46. The molecule has 0 bridgehead atoms. The van der Waals surface area contributed by atoms with Crippen LogP contribution in [0.15, 0.2) is 46.9 Å². The van der Waals surface area contributed by atoms with E-state index in [0.717, 1.165) is 41.9 Å². The third kappa shape index (κ3) is 3.54. The number of nitrogens with zero attached hydrogens (tertiary/aromatic N) is 2. The number of ether oxygens (including phenoxy) is 1. The summed E-state index contributed by atoms with van der Waals surface area (Å²) in [7, 11) is 1.67. The van der Waals surface area contributed by atoms with Gasteiger partial charge < -0.3 is 19.0 Å². The largest absolute Gasteiger partial charge is 0.497 e. The van der Waals surface area contributed by atoms with Crippen molar-refractivity contribution in [2.75, 3.05) is 38.2 Å². The second kappa shape index (κ2) is 7.76. The molecule has 0 radical (unpaired) electrons. The SMILES string of the molecule is COc1ccc(N2CCCN(C(=O)c3oc4ccc(Cl)cc4c3C)CC2)cc1. The monoisotopic (exact) mass is 398 g/mol. The zero-order valence-electron chi connectivity index (χ0n) is 16.1. The quantitative estimate of drug-likeness (QED) is 0.638. The normalized spacial score (nSPS) is 15.0. The number of aryl methyl sites for hydroxylation is 1. The molecule has 0 aliphatic carbocycles. The Kier molecular flexibility index (Phi) is 5.18. The topological polar surface area (TPSA) is 45.9 Å². The summed E-state index contributed by atoms with van der Waals surface area (Å²) in [5, 5.41) is 1.53. The van der Waals surface area contributed by atoms with Gasteiger partial charge in [-0.05, 0) is 55.8 Å². The molecular weight excluding hydrogens is 376 g/mol. The van der Waals surface area contributed by atoms with E-state index in [4.69, 9.17) is 20.8 Å². The van der Waals surface area contributed by atoms with Crippen molar-refractivity contribution in [1.82, 2.24) is 4.90 Å². The third-order valence-corrected chi connectivity index (χ3v) is 5.55. The van der Waals surface area contributed by atoms with Gasteiger partial charge in [0.25, 0.3) is 5.91 Å². The van der Waals surface area contributed by atoms with Crippen molar-refractivity contribution < 1.29 is 13.9 Å². The molecule has 1 aromatic heterocycles. The van der Waals surface area contributed by atoms with Crippen LogP contribution in [0.2, 0.25) is 5.02 Å². The zero-order valence-corrected chi connectivity index (χ0v) is 16.8. The Morgan fingerprint density at radius 3 is 2.61 bits per heavy atom. The van der Waals surface area contributed by atoms with Crippen molar-refractivity contribution in [2.45, 2.75) is 13.3 Å². The van der Waals surface area contributed by atoms with Gasteiger partial charge in [0, 0.05) is 47.8 Å². The van der Waals surface area contributed by atoms with E-state index >= 15 is 0 Å². The highest BCUT2D eigenvalue weighted by atomic mass is 35.5. The summed E-state index contributed by atoms with van der Waals surface area (Å²) in [6.07, 6.45) is 0.906. The van der Waals surface area contributed by atoms with Crippen LogP contribution in [-0.2, 0) is 0 Å². The lowest BCUT2D eigenvalue weighted by Gasteiger charge is -2.23. The fourth-order valence-electron chi connectivity index (χ4n) is 3.71. The minimum absolute atomic E-state index is 0.0543. The Morgan fingerprint density at radius 2 is 1.86 bits per heavy atom. The first-order valence-electron chi connectivity index (χ1n) is 9.44. The number of methoxy groups -OCH3 is 1. The van der Waals surface area contributed by atoms with Crippen molar-refractivity contribution in [3.05, 3.63) is 58.8 Å². The number of anilines is 1. The fraction of sp³-hybridized carbons (Fsp3) is 0.318. The molecule has 0 saturated carbocycles. The Bertz CT molecular complexity index is 997. The van der Waals surface area contributed by atoms with Crippen molar-refractivity contribution in [3.63, 3.8) is 0 Å². The van der Waals surface area contributed by atoms with Gasteiger partial charge in [0.05, 0.1) is 7.11 Å². The molecule has 28 heavy (non-hydrogen) atoms. The molecule has 0 N–H and O–H groups in total. The number of carbonyl (C=O) groups excluding carboxylic acids is 1. The number of halogens is 1. The van der Waals surface area contributed by atoms with Crippen LogP contribution in [0, 0.1) is 6.92 Å². The lowest BCUT2D eigenvalue weighted by Crippen LogP contribution is -2.35. The molecule has 1 saturated heterocycles. The predicted molar refractivity (Wildman–Crippen MR) is 112 cm³/mol. The van der Waals surface area contributed by atoms with E-state index in [0.29, 0.717) is 29.5 Å². The Labute approximate surface area is 169 Å². The maximum absolute atomic E-state index is 13.1. The molecule has 5 nitrogen and oxygen atoms in total. The van der Waals surface area contributed by atoms with Crippen molar-refractivity contribution in [2.24, 2.45) is 0 Å². The van der Waals surface area contributed by atoms with Crippen molar-refractivity contribution >= 4 is 34.2 Å². The van der Waals surface area contributed by atoms with E-state index < -0.39 is 0 Å². The molecular formula is C22H23ClN2O3. The summed E-state index contributed by atoms with van der Waals surface area (Å²) in [5.41, 5.74) is 2.68. The molecule has 0 spiro atoms. The molecule has 1 amide bonds. The minimum Gasteiger partial charge on any atom is -0.497 e. The molecule has 146 valence electrons. The van der Waals surface area contributed by atoms with Gasteiger partial charge in [0.2, 0.25) is 0 Å². The summed E-state index contributed by atoms with van der Waals surface area (Å²) in [4.78, 5) is 17.3. The zero-order chi connectivity index (χ0) is 19.7. The van der Waals surface area contributed by atoms with E-state index in [2.05, 4.69) is 17.0 Å². The minimum atomic E-state index is -0.0543. The number of rotatable bonds is 3. The Hall–Kier alpha value is -2.66. The number of amides is 1. The summed E-state index contributed by atoms with van der Waals surface area (Å²) < 4.78 is 11.1. The molecule has 1 aliphatic rings. The van der Waals surface area contributed by atoms with Crippen LogP contribution in [0.25, 0.3) is 11.0 Å². The smallest absolute Gasteiger partial charge is 0.289 e. The van der Waals surface area contributed by atoms with Gasteiger partial charge in [0.1, 0.15) is 11.3 Å². The molecule has 2 heterocycles. The average Bonchev–Trinajstić information content (AvgIpc) is 2.89. The van der Waals surface area contributed by atoms with Crippen LogP contribution >= 0.6 is 11.6 Å². The molecule has 1 aliphatic heterocycles. The van der Waals surface area contributed by atoms with Crippen molar-refractivity contribution in [1.29, 1.82) is 0 Å². The lowest BCUT2D eigenvalue weighted by atomic mass is 10.1. The van der Waals surface area contributed by atoms with Crippen LogP contribution in [0.3, 0.4) is 0 Å². The van der Waals surface area contributed by atoms with Crippen molar-refractivity contribution in [3.8, 4) is 5.75 Å². The number of fused-ring (bicyclic) bond motifs is 1. The van der Waals surface area contributed by atoms with Gasteiger partial charge in [-0.3, -0.25) is 4.79 Å². The first-order chi connectivity index (χ1) is 13.6. The molecule has 4 rings (SSSR count). The Morgan fingerprint density at radius 1 is 1.07 bits per heavy atom. The van der Waals surface area contributed by atoms with Crippen LogP contribution < -0.4 is 9.64 Å². The Balaban J connectivity index is 1.51. The van der Waals surface area contributed by atoms with Crippen LogP contribution in [0.1, 0.15) is 22.5 Å². The highest BCUT2D eigenvalue weighted by molar-refractivity contribution is 6.31.